The molecule has 5 N–H and O–H groups in total. The van der Waals surface area contributed by atoms with Gasteiger partial charge in [0.1, 0.15) is 27.4 Å². The van der Waals surface area contributed by atoms with Crippen LogP contribution >= 0.6 is 22.9 Å². The molecular formula is C17H15ClF2N4O2S. The third-order valence-corrected chi connectivity index (χ3v) is 5.16. The summed E-state index contributed by atoms with van der Waals surface area (Å²) in [7, 11) is 0. The van der Waals surface area contributed by atoms with E-state index in [9.17, 15) is 13.6 Å². The van der Waals surface area contributed by atoms with Crippen LogP contribution in [0.5, 0.6) is 0 Å². The number of amides is 1. The highest BCUT2D eigenvalue weighted by atomic mass is 35.5. The summed E-state index contributed by atoms with van der Waals surface area (Å²) in [4.78, 5) is 19.5. The summed E-state index contributed by atoms with van der Waals surface area (Å²) in [5, 5.41) is 13.5. The second-order valence-corrected chi connectivity index (χ2v) is 6.90. The Morgan fingerprint density at radius 3 is 2.67 bits per heavy atom. The van der Waals surface area contributed by atoms with Gasteiger partial charge in [-0.3, -0.25) is 4.79 Å². The monoisotopic (exact) mass is 412 g/mol. The van der Waals surface area contributed by atoms with Gasteiger partial charge in [0.25, 0.3) is 5.91 Å². The number of thiazole rings is 1. The van der Waals surface area contributed by atoms with Crippen LogP contribution in [-0.2, 0) is 6.61 Å². The van der Waals surface area contributed by atoms with E-state index in [2.05, 4.69) is 15.3 Å². The maximum atomic E-state index is 13.6. The van der Waals surface area contributed by atoms with Gasteiger partial charge in [0, 0.05) is 23.2 Å². The van der Waals surface area contributed by atoms with Gasteiger partial charge in [-0.25, -0.2) is 13.8 Å². The molecule has 1 atom stereocenters. The lowest BCUT2D eigenvalue weighted by molar-refractivity contribution is 0.0933. The molecule has 0 fully saturated rings. The number of nitrogens with one attached hydrogen (secondary N) is 2. The standard InChI is InChI=1S/C17H15ClF2N4O2S/c18-15-10(19)3-8(4-11(15)20)12-1-2-13(23-12)16(26)24-14(5-21)17-22-9(6-25)7-27-17/h1-4,7,14,23,25H,5-6,21H2,(H,24,26). The summed E-state index contributed by atoms with van der Waals surface area (Å²) in [6.07, 6.45) is 0. The number of rotatable bonds is 6. The first-order chi connectivity index (χ1) is 12.9. The lowest BCUT2D eigenvalue weighted by atomic mass is 10.1. The molecular weight excluding hydrogens is 398 g/mol. The van der Waals surface area contributed by atoms with Crippen LogP contribution in [0.3, 0.4) is 0 Å². The zero-order valence-corrected chi connectivity index (χ0v) is 15.4. The zero-order chi connectivity index (χ0) is 19.6. The van der Waals surface area contributed by atoms with Crippen molar-refractivity contribution in [1.29, 1.82) is 0 Å². The fourth-order valence-corrected chi connectivity index (χ4v) is 3.40. The van der Waals surface area contributed by atoms with Crippen LogP contribution < -0.4 is 11.1 Å². The molecule has 6 nitrogen and oxygen atoms in total. The number of nitrogens with zero attached hydrogens (tertiary/aromatic N) is 1. The van der Waals surface area contributed by atoms with Gasteiger partial charge in [-0.1, -0.05) is 11.6 Å². The Bertz CT molecular complexity index is 953. The van der Waals surface area contributed by atoms with Crippen molar-refractivity contribution < 1.29 is 18.7 Å². The molecule has 27 heavy (non-hydrogen) atoms. The Labute approximate surface area is 162 Å². The quantitative estimate of drug-likeness (QED) is 0.467. The lowest BCUT2D eigenvalue weighted by Gasteiger charge is -2.13. The number of aliphatic hydroxyl groups is 1. The highest BCUT2D eigenvalue weighted by Gasteiger charge is 2.19. The molecule has 1 amide bonds. The molecule has 0 aliphatic carbocycles. The molecule has 2 aromatic heterocycles. The molecule has 0 aliphatic heterocycles. The summed E-state index contributed by atoms with van der Waals surface area (Å²) in [6.45, 7) is -0.0821. The number of hydrogen-bond acceptors (Lipinski definition) is 5. The number of aromatic nitrogens is 2. The second kappa shape index (κ2) is 8.13. The summed E-state index contributed by atoms with van der Waals surface area (Å²) in [5.41, 5.74) is 6.97. The number of hydrogen-bond donors (Lipinski definition) is 4. The van der Waals surface area contributed by atoms with Crippen LogP contribution in [0.1, 0.15) is 27.2 Å². The topological polar surface area (TPSA) is 104 Å². The van der Waals surface area contributed by atoms with Gasteiger partial charge in [-0.15, -0.1) is 11.3 Å². The van der Waals surface area contributed by atoms with Crippen molar-refractivity contribution in [2.24, 2.45) is 5.73 Å². The summed E-state index contributed by atoms with van der Waals surface area (Å²) < 4.78 is 27.3. The van der Waals surface area contributed by atoms with E-state index in [1.165, 1.54) is 23.5 Å². The molecule has 3 aromatic rings. The van der Waals surface area contributed by atoms with Gasteiger partial charge in [0.2, 0.25) is 0 Å². The Balaban J connectivity index is 1.78. The van der Waals surface area contributed by atoms with Crippen LogP contribution in [0.25, 0.3) is 11.3 Å². The van der Waals surface area contributed by atoms with Crippen molar-refractivity contribution in [3.05, 3.63) is 62.7 Å². The fourth-order valence-electron chi connectivity index (χ4n) is 2.42. The Kier molecular flexibility index (Phi) is 5.85. The van der Waals surface area contributed by atoms with Gasteiger partial charge < -0.3 is 21.1 Å². The first-order valence-corrected chi connectivity index (χ1v) is 9.08. The number of H-pyrrole nitrogens is 1. The van der Waals surface area contributed by atoms with Crippen LogP contribution in [0, 0.1) is 11.6 Å². The van der Waals surface area contributed by atoms with E-state index in [1.54, 1.807) is 5.38 Å². The van der Waals surface area contributed by atoms with Crippen molar-refractivity contribution >= 4 is 28.8 Å². The van der Waals surface area contributed by atoms with E-state index in [0.29, 0.717) is 16.4 Å². The maximum Gasteiger partial charge on any atom is 0.268 e. The van der Waals surface area contributed by atoms with E-state index in [4.69, 9.17) is 22.4 Å². The number of aliphatic hydroxyl groups excluding tert-OH is 1. The van der Waals surface area contributed by atoms with Crippen molar-refractivity contribution in [1.82, 2.24) is 15.3 Å². The highest BCUT2D eigenvalue weighted by Crippen LogP contribution is 2.27. The molecule has 0 aliphatic rings. The van der Waals surface area contributed by atoms with Crippen LogP contribution in [0.15, 0.2) is 29.6 Å². The summed E-state index contributed by atoms with van der Waals surface area (Å²) in [5.74, 6) is -2.23. The third kappa shape index (κ3) is 4.16. The van der Waals surface area contributed by atoms with Crippen LogP contribution in [0.4, 0.5) is 8.78 Å². The van der Waals surface area contributed by atoms with Gasteiger partial charge in [-0.2, -0.15) is 0 Å². The molecule has 142 valence electrons. The minimum atomic E-state index is -0.890. The SMILES string of the molecule is NCC(NC(=O)c1ccc(-c2cc(F)c(Cl)c(F)c2)[nH]1)c1nc(CO)cs1. The Morgan fingerprint density at radius 1 is 1.37 bits per heavy atom. The fraction of sp³-hybridized carbons (Fsp3) is 0.176. The van der Waals surface area contributed by atoms with Crippen molar-refractivity contribution in [3.8, 4) is 11.3 Å². The summed E-state index contributed by atoms with van der Waals surface area (Å²) >= 11 is 6.76. The molecule has 10 heteroatoms. The van der Waals surface area contributed by atoms with Crippen LogP contribution in [0.2, 0.25) is 5.02 Å². The molecule has 0 spiro atoms. The largest absolute Gasteiger partial charge is 0.390 e. The third-order valence-electron chi connectivity index (χ3n) is 3.80. The van der Waals surface area contributed by atoms with E-state index in [-0.39, 0.29) is 24.4 Å². The van der Waals surface area contributed by atoms with E-state index in [0.717, 1.165) is 12.1 Å². The first kappa shape index (κ1) is 19.4. The zero-order valence-electron chi connectivity index (χ0n) is 13.8. The average Bonchev–Trinajstić information content (AvgIpc) is 3.33. The smallest absolute Gasteiger partial charge is 0.268 e. The first-order valence-electron chi connectivity index (χ1n) is 7.83. The normalized spacial score (nSPS) is 12.2. The van der Waals surface area contributed by atoms with Crippen molar-refractivity contribution in [2.45, 2.75) is 12.6 Å². The number of aromatic amines is 1. The van der Waals surface area contributed by atoms with Gasteiger partial charge in [0.05, 0.1) is 18.3 Å². The molecule has 1 unspecified atom stereocenters. The number of carbonyl (C=O) groups is 1. The van der Waals surface area contributed by atoms with E-state index < -0.39 is 28.6 Å². The lowest BCUT2D eigenvalue weighted by Crippen LogP contribution is -2.33. The minimum absolute atomic E-state index is 0.116. The molecule has 2 heterocycles. The molecule has 0 bridgehead atoms. The number of halogens is 3. The van der Waals surface area contributed by atoms with Crippen molar-refractivity contribution in [2.75, 3.05) is 6.54 Å². The highest BCUT2D eigenvalue weighted by molar-refractivity contribution is 7.09. The van der Waals surface area contributed by atoms with Crippen molar-refractivity contribution in [3.63, 3.8) is 0 Å². The van der Waals surface area contributed by atoms with Crippen LogP contribution in [-0.4, -0.2) is 27.5 Å². The van der Waals surface area contributed by atoms with E-state index in [1.807, 2.05) is 0 Å². The Hall–Kier alpha value is -2.33. The minimum Gasteiger partial charge on any atom is -0.390 e. The predicted octanol–water partition coefficient (Wildman–Crippen LogP) is 2.99. The second-order valence-electron chi connectivity index (χ2n) is 5.64. The summed E-state index contributed by atoms with van der Waals surface area (Å²) in [6, 6.07) is 4.65. The molecule has 1 aromatic carbocycles. The molecule has 0 saturated heterocycles. The predicted molar refractivity (Wildman–Crippen MR) is 98.5 cm³/mol. The Morgan fingerprint density at radius 2 is 2.07 bits per heavy atom. The van der Waals surface area contributed by atoms with Gasteiger partial charge in [-0.05, 0) is 24.3 Å². The number of carbonyl (C=O) groups excluding carboxylic acids is 1. The average molecular weight is 413 g/mol. The molecule has 0 saturated carbocycles. The molecule has 3 rings (SSSR count). The van der Waals surface area contributed by atoms with Gasteiger partial charge >= 0.3 is 0 Å². The van der Waals surface area contributed by atoms with E-state index >= 15 is 0 Å². The van der Waals surface area contributed by atoms with Gasteiger partial charge in [0.15, 0.2) is 0 Å². The molecule has 0 radical (unpaired) electrons. The maximum absolute atomic E-state index is 13.6. The number of nitrogens with two attached hydrogens (primary N) is 1. The number of benzene rings is 1.